The molecule has 0 fully saturated rings. The van der Waals surface area contributed by atoms with Crippen LogP contribution >= 0.6 is 0 Å². The van der Waals surface area contributed by atoms with Crippen LogP contribution in [0.15, 0.2) is 36.5 Å². The molecule has 55 heavy (non-hydrogen) atoms. The van der Waals surface area contributed by atoms with Crippen molar-refractivity contribution in [1.29, 1.82) is 0 Å². The molecule has 0 radical (unpaired) electrons. The molecule has 0 aliphatic rings. The van der Waals surface area contributed by atoms with E-state index in [1.54, 1.807) is 0 Å². The highest BCUT2D eigenvalue weighted by Gasteiger charge is 2.31. The standard InChI is InChI=1S/C47H85NO7/c1-6-8-10-12-14-16-17-18-19-20-21-22-23-24-25-26-27-28-29-30-32-33-35-37-45(49)54-42-43(41-53-40-39-44(47(51)52)48(3,4)5)55-46(50)38-36-34-31-15-13-11-9-7-2/h8,10,14,16,18-19,43-44H,6-7,9,11-13,15,17,20-42H2,1-5H3/p+1/b10-8+,16-14+,19-18+. The van der Waals surface area contributed by atoms with E-state index in [1.807, 2.05) is 21.1 Å². The lowest BCUT2D eigenvalue weighted by molar-refractivity contribution is -0.887. The number of quaternary nitrogens is 1. The summed E-state index contributed by atoms with van der Waals surface area (Å²) in [4.78, 5) is 36.8. The highest BCUT2D eigenvalue weighted by atomic mass is 16.6. The summed E-state index contributed by atoms with van der Waals surface area (Å²) in [5.74, 6) is -1.47. The van der Waals surface area contributed by atoms with Gasteiger partial charge in [0, 0.05) is 19.3 Å². The highest BCUT2D eigenvalue weighted by Crippen LogP contribution is 2.15. The Morgan fingerprint density at radius 3 is 1.51 bits per heavy atom. The largest absolute Gasteiger partial charge is 0.477 e. The van der Waals surface area contributed by atoms with Gasteiger partial charge in [0.2, 0.25) is 0 Å². The molecule has 0 aromatic heterocycles. The Morgan fingerprint density at radius 1 is 0.564 bits per heavy atom. The third kappa shape index (κ3) is 36.9. The molecule has 0 aliphatic carbocycles. The average molecular weight is 777 g/mol. The summed E-state index contributed by atoms with van der Waals surface area (Å²) in [6, 6.07) is -0.611. The molecule has 0 aromatic rings. The Hall–Kier alpha value is -2.45. The summed E-state index contributed by atoms with van der Waals surface area (Å²) < 4.78 is 17.2. The lowest BCUT2D eigenvalue weighted by Gasteiger charge is -2.31. The minimum absolute atomic E-state index is 0.0488. The van der Waals surface area contributed by atoms with Crippen molar-refractivity contribution in [3.63, 3.8) is 0 Å². The molecule has 0 spiro atoms. The van der Waals surface area contributed by atoms with Gasteiger partial charge in [0.1, 0.15) is 6.61 Å². The van der Waals surface area contributed by atoms with E-state index >= 15 is 0 Å². The Bertz CT molecular complexity index is 1000. The van der Waals surface area contributed by atoms with Gasteiger partial charge in [0.25, 0.3) is 0 Å². The molecule has 0 bridgehead atoms. The summed E-state index contributed by atoms with van der Waals surface area (Å²) in [6.45, 7) is 4.60. The zero-order chi connectivity index (χ0) is 40.7. The topological polar surface area (TPSA) is 99.1 Å². The normalized spacial score (nSPS) is 13.3. The van der Waals surface area contributed by atoms with Crippen molar-refractivity contribution in [1.82, 2.24) is 0 Å². The number of unbranched alkanes of at least 4 members (excludes halogenated alkanes) is 20. The van der Waals surface area contributed by atoms with Gasteiger partial charge < -0.3 is 23.8 Å². The van der Waals surface area contributed by atoms with Crippen LogP contribution in [-0.4, -0.2) is 80.6 Å². The first-order chi connectivity index (χ1) is 26.6. The fraction of sp³-hybridized carbons (Fsp3) is 0.809. The Kier molecular flexibility index (Phi) is 36.7. The quantitative estimate of drug-likeness (QED) is 0.0286. The van der Waals surface area contributed by atoms with E-state index in [-0.39, 0.29) is 36.2 Å². The fourth-order valence-corrected chi connectivity index (χ4v) is 6.58. The van der Waals surface area contributed by atoms with E-state index in [4.69, 9.17) is 14.2 Å². The van der Waals surface area contributed by atoms with Gasteiger partial charge in [0.15, 0.2) is 12.1 Å². The van der Waals surface area contributed by atoms with Gasteiger partial charge in [-0.3, -0.25) is 9.59 Å². The van der Waals surface area contributed by atoms with Crippen molar-refractivity contribution in [2.75, 3.05) is 41.0 Å². The molecule has 2 atom stereocenters. The van der Waals surface area contributed by atoms with Crippen LogP contribution in [0.4, 0.5) is 0 Å². The smallest absolute Gasteiger partial charge is 0.362 e. The molecular formula is C47H86NO7+. The SMILES string of the molecule is CC/C=C/C/C=C/C/C=C/CCCCCCCCCCCCCCCC(=O)OCC(COCCC(C(=O)O)[N+](C)(C)C)OC(=O)CCCCCCCCCC. The van der Waals surface area contributed by atoms with Crippen LogP contribution in [0.3, 0.4) is 0 Å². The number of hydrogen-bond donors (Lipinski definition) is 1. The van der Waals surface area contributed by atoms with Crippen LogP contribution in [-0.2, 0) is 28.6 Å². The van der Waals surface area contributed by atoms with Crippen molar-refractivity contribution in [3.8, 4) is 0 Å². The van der Waals surface area contributed by atoms with Crippen molar-refractivity contribution in [2.45, 2.75) is 206 Å². The Morgan fingerprint density at radius 2 is 1.02 bits per heavy atom. The van der Waals surface area contributed by atoms with Gasteiger partial charge in [-0.05, 0) is 44.9 Å². The molecule has 0 amide bonds. The number of ether oxygens (including phenoxy) is 3. The predicted molar refractivity (Wildman–Crippen MR) is 229 cm³/mol. The second-order valence-electron chi connectivity index (χ2n) is 16.3. The number of rotatable bonds is 40. The first-order valence-corrected chi connectivity index (χ1v) is 22.5. The molecule has 0 rings (SSSR count). The average Bonchev–Trinajstić information content (AvgIpc) is 3.14. The third-order valence-corrected chi connectivity index (χ3v) is 10.1. The van der Waals surface area contributed by atoms with Crippen molar-refractivity contribution in [2.24, 2.45) is 0 Å². The number of carbonyl (C=O) groups excluding carboxylic acids is 2. The molecule has 0 aromatic carbocycles. The molecule has 320 valence electrons. The number of hydrogen-bond acceptors (Lipinski definition) is 6. The highest BCUT2D eigenvalue weighted by molar-refractivity contribution is 5.72. The molecule has 1 N–H and O–H groups in total. The van der Waals surface area contributed by atoms with Crippen molar-refractivity contribution in [3.05, 3.63) is 36.5 Å². The number of esters is 2. The number of likely N-dealkylation sites (N-methyl/N-ethyl adjacent to an activating group) is 1. The maximum Gasteiger partial charge on any atom is 0.362 e. The number of allylic oxidation sites excluding steroid dienone is 6. The molecule has 8 heteroatoms. The molecule has 2 unspecified atom stereocenters. The maximum absolute atomic E-state index is 12.6. The number of carbonyl (C=O) groups is 3. The minimum atomic E-state index is -0.875. The minimum Gasteiger partial charge on any atom is -0.477 e. The van der Waals surface area contributed by atoms with Gasteiger partial charge >= 0.3 is 17.9 Å². The summed E-state index contributed by atoms with van der Waals surface area (Å²) in [6.07, 6.45) is 43.5. The van der Waals surface area contributed by atoms with E-state index in [9.17, 15) is 19.5 Å². The van der Waals surface area contributed by atoms with E-state index in [0.29, 0.717) is 19.3 Å². The third-order valence-electron chi connectivity index (χ3n) is 10.1. The van der Waals surface area contributed by atoms with Gasteiger partial charge in [-0.25, -0.2) is 4.79 Å². The lowest BCUT2D eigenvalue weighted by atomic mass is 10.0. The van der Waals surface area contributed by atoms with E-state index in [2.05, 4.69) is 50.3 Å². The van der Waals surface area contributed by atoms with Crippen molar-refractivity contribution >= 4 is 17.9 Å². The number of carboxylic acid groups (broad SMARTS) is 1. The molecule has 8 nitrogen and oxygen atoms in total. The second-order valence-corrected chi connectivity index (χ2v) is 16.3. The Labute approximate surface area is 338 Å². The zero-order valence-corrected chi connectivity index (χ0v) is 36.4. The van der Waals surface area contributed by atoms with Gasteiger partial charge in [-0.2, -0.15) is 0 Å². The second kappa shape index (κ2) is 38.4. The summed E-state index contributed by atoms with van der Waals surface area (Å²) >= 11 is 0. The van der Waals surface area contributed by atoms with Crippen LogP contribution in [0, 0.1) is 0 Å². The first-order valence-electron chi connectivity index (χ1n) is 22.5. The van der Waals surface area contributed by atoms with Gasteiger partial charge in [0.05, 0.1) is 34.4 Å². The van der Waals surface area contributed by atoms with Crippen molar-refractivity contribution < 1.29 is 38.2 Å². The van der Waals surface area contributed by atoms with Crippen LogP contribution in [0.25, 0.3) is 0 Å². The molecular weight excluding hydrogens is 691 g/mol. The molecule has 0 saturated heterocycles. The molecule has 0 heterocycles. The van der Waals surface area contributed by atoms with Crippen LogP contribution in [0.1, 0.15) is 194 Å². The van der Waals surface area contributed by atoms with Crippen LogP contribution in [0.2, 0.25) is 0 Å². The number of aliphatic carboxylic acids is 1. The monoisotopic (exact) mass is 777 g/mol. The zero-order valence-electron chi connectivity index (χ0n) is 36.4. The van der Waals surface area contributed by atoms with E-state index in [1.165, 1.54) is 103 Å². The lowest BCUT2D eigenvalue weighted by Crippen LogP contribution is -2.50. The summed E-state index contributed by atoms with van der Waals surface area (Å²) in [5.41, 5.74) is 0. The van der Waals surface area contributed by atoms with E-state index in [0.717, 1.165) is 57.8 Å². The maximum atomic E-state index is 12.6. The van der Waals surface area contributed by atoms with E-state index < -0.39 is 18.1 Å². The summed E-state index contributed by atoms with van der Waals surface area (Å²) in [5, 5.41) is 9.59. The number of carboxylic acids is 1. The summed E-state index contributed by atoms with van der Waals surface area (Å²) in [7, 11) is 5.52. The van der Waals surface area contributed by atoms with Gasteiger partial charge in [-0.1, -0.05) is 166 Å². The molecule has 0 aliphatic heterocycles. The number of nitrogens with zero attached hydrogens (tertiary/aromatic N) is 1. The van der Waals surface area contributed by atoms with Gasteiger partial charge in [-0.15, -0.1) is 0 Å². The van der Waals surface area contributed by atoms with Crippen LogP contribution < -0.4 is 0 Å². The fourth-order valence-electron chi connectivity index (χ4n) is 6.58. The predicted octanol–water partition coefficient (Wildman–Crippen LogP) is 12.2. The first kappa shape index (κ1) is 52.6. The Balaban J connectivity index is 4.11. The van der Waals surface area contributed by atoms with Crippen LogP contribution in [0.5, 0.6) is 0 Å². The molecule has 0 saturated carbocycles.